The van der Waals surface area contributed by atoms with Crippen LogP contribution in [0.2, 0.25) is 0 Å². The van der Waals surface area contributed by atoms with Crippen molar-refractivity contribution >= 4 is 21.7 Å². The molecule has 150 valence electrons. The molecular formula is C19H23N3O5S. The summed E-state index contributed by atoms with van der Waals surface area (Å²) in [7, 11) is -3.08. The number of ether oxygens (including phenoxy) is 1. The van der Waals surface area contributed by atoms with Gasteiger partial charge in [-0.05, 0) is 25.8 Å². The number of hydrogen-bond donors (Lipinski definition) is 1. The van der Waals surface area contributed by atoms with E-state index in [1.807, 2.05) is 30.3 Å². The van der Waals surface area contributed by atoms with Gasteiger partial charge in [0.05, 0.1) is 29.4 Å². The van der Waals surface area contributed by atoms with Gasteiger partial charge in [-0.2, -0.15) is 5.10 Å². The zero-order chi connectivity index (χ0) is 20.3. The summed E-state index contributed by atoms with van der Waals surface area (Å²) in [5, 5.41) is 6.99. The summed E-state index contributed by atoms with van der Waals surface area (Å²) in [6, 6.07) is 9.33. The average Bonchev–Trinajstić information content (AvgIpc) is 3.12. The molecular weight excluding hydrogens is 382 g/mol. The van der Waals surface area contributed by atoms with E-state index in [9.17, 15) is 18.0 Å². The minimum Gasteiger partial charge on any atom is -0.452 e. The van der Waals surface area contributed by atoms with Gasteiger partial charge < -0.3 is 10.1 Å². The smallest absolute Gasteiger partial charge is 0.342 e. The first kappa shape index (κ1) is 20.1. The van der Waals surface area contributed by atoms with Gasteiger partial charge in [0.1, 0.15) is 5.56 Å². The Balaban J connectivity index is 1.59. The van der Waals surface area contributed by atoms with E-state index in [0.717, 1.165) is 5.56 Å². The highest BCUT2D eigenvalue weighted by Crippen LogP contribution is 2.16. The molecule has 3 rings (SSSR count). The molecule has 1 aromatic heterocycles. The van der Waals surface area contributed by atoms with Crippen molar-refractivity contribution in [3.8, 4) is 0 Å². The molecule has 8 nitrogen and oxygen atoms in total. The van der Waals surface area contributed by atoms with Crippen molar-refractivity contribution in [2.24, 2.45) is 0 Å². The monoisotopic (exact) mass is 405 g/mol. The Morgan fingerprint density at radius 2 is 1.96 bits per heavy atom. The predicted molar refractivity (Wildman–Crippen MR) is 103 cm³/mol. The number of carbonyl (C=O) groups is 2. The molecule has 9 heteroatoms. The predicted octanol–water partition coefficient (Wildman–Crippen LogP) is 1.01. The van der Waals surface area contributed by atoms with Crippen LogP contribution in [0.15, 0.2) is 30.3 Å². The van der Waals surface area contributed by atoms with E-state index in [1.54, 1.807) is 18.5 Å². The Kier molecular flexibility index (Phi) is 5.83. The molecule has 2 aromatic rings. The number of carbonyl (C=O) groups excluding carboxylic acids is 2. The summed E-state index contributed by atoms with van der Waals surface area (Å²) < 4.78 is 29.7. The number of nitrogens with one attached hydrogen (secondary N) is 1. The molecule has 28 heavy (non-hydrogen) atoms. The molecule has 1 amide bonds. The second-order valence-electron chi connectivity index (χ2n) is 6.93. The van der Waals surface area contributed by atoms with Crippen LogP contribution in [0.1, 0.15) is 33.7 Å². The molecule has 0 aliphatic carbocycles. The molecule has 1 aliphatic heterocycles. The van der Waals surface area contributed by atoms with Crippen molar-refractivity contribution in [2.75, 3.05) is 18.1 Å². The standard InChI is InChI=1S/C19H23N3O5S/c1-13-18(14(2)22(21-13)10-15-6-4-3-5-7-15)19(24)27-11-17(23)20-16-8-9-28(25,26)12-16/h3-7,16H,8-12H2,1-2H3,(H,20,23)/t16-/m0/s1. The van der Waals surface area contributed by atoms with Crippen LogP contribution in [0.3, 0.4) is 0 Å². The zero-order valence-corrected chi connectivity index (χ0v) is 16.7. The van der Waals surface area contributed by atoms with E-state index in [0.29, 0.717) is 29.9 Å². The van der Waals surface area contributed by atoms with Gasteiger partial charge in [-0.1, -0.05) is 30.3 Å². The number of amides is 1. The van der Waals surface area contributed by atoms with Crippen LogP contribution in [-0.4, -0.2) is 54.2 Å². The Morgan fingerprint density at radius 1 is 1.25 bits per heavy atom. The van der Waals surface area contributed by atoms with Gasteiger partial charge in [-0.25, -0.2) is 13.2 Å². The van der Waals surface area contributed by atoms with Gasteiger partial charge >= 0.3 is 5.97 Å². The van der Waals surface area contributed by atoms with Crippen LogP contribution in [0, 0.1) is 13.8 Å². The molecule has 1 N–H and O–H groups in total. The molecule has 1 atom stereocenters. The van der Waals surface area contributed by atoms with Crippen molar-refractivity contribution < 1.29 is 22.7 Å². The Morgan fingerprint density at radius 3 is 2.61 bits per heavy atom. The van der Waals surface area contributed by atoms with E-state index in [4.69, 9.17) is 4.74 Å². The fourth-order valence-electron chi connectivity index (χ4n) is 3.28. The molecule has 0 bridgehead atoms. The Labute approximate surface area is 163 Å². The van der Waals surface area contributed by atoms with Crippen molar-refractivity contribution in [1.82, 2.24) is 15.1 Å². The summed E-state index contributed by atoms with van der Waals surface area (Å²) in [6.07, 6.45) is 0.381. The normalized spacial score (nSPS) is 18.0. The molecule has 1 aliphatic rings. The maximum Gasteiger partial charge on any atom is 0.342 e. The number of aryl methyl sites for hydroxylation is 1. The molecule has 0 saturated carbocycles. The number of benzene rings is 1. The Hall–Kier alpha value is -2.68. The minimum atomic E-state index is -3.08. The highest BCUT2D eigenvalue weighted by Gasteiger charge is 2.29. The third kappa shape index (κ3) is 4.78. The lowest BCUT2D eigenvalue weighted by Crippen LogP contribution is -2.38. The first-order valence-corrected chi connectivity index (χ1v) is 10.8. The van der Waals surface area contributed by atoms with E-state index in [1.165, 1.54) is 0 Å². The largest absolute Gasteiger partial charge is 0.452 e. The van der Waals surface area contributed by atoms with Crippen LogP contribution in [0.25, 0.3) is 0 Å². The second-order valence-corrected chi connectivity index (χ2v) is 9.16. The topological polar surface area (TPSA) is 107 Å². The highest BCUT2D eigenvalue weighted by atomic mass is 32.2. The van der Waals surface area contributed by atoms with Crippen LogP contribution in [0.4, 0.5) is 0 Å². The quantitative estimate of drug-likeness (QED) is 0.719. The van der Waals surface area contributed by atoms with Crippen molar-refractivity contribution in [1.29, 1.82) is 0 Å². The molecule has 2 heterocycles. The minimum absolute atomic E-state index is 0.0662. The summed E-state index contributed by atoms with van der Waals surface area (Å²) in [5.41, 5.74) is 2.58. The number of rotatable bonds is 6. The summed E-state index contributed by atoms with van der Waals surface area (Å²) >= 11 is 0. The Bertz CT molecular complexity index is 982. The van der Waals surface area contributed by atoms with Crippen LogP contribution in [0.5, 0.6) is 0 Å². The second kappa shape index (κ2) is 8.14. The third-order valence-corrected chi connectivity index (χ3v) is 6.46. The molecule has 1 saturated heterocycles. The number of nitrogens with zero attached hydrogens (tertiary/aromatic N) is 2. The summed E-state index contributed by atoms with van der Waals surface area (Å²) in [6.45, 7) is 3.56. The average molecular weight is 405 g/mol. The molecule has 0 radical (unpaired) electrons. The number of sulfone groups is 1. The first-order valence-electron chi connectivity index (χ1n) is 9.00. The van der Waals surface area contributed by atoms with E-state index in [-0.39, 0.29) is 11.5 Å². The van der Waals surface area contributed by atoms with E-state index < -0.39 is 34.4 Å². The lowest BCUT2D eigenvalue weighted by atomic mass is 10.2. The zero-order valence-electron chi connectivity index (χ0n) is 15.8. The van der Waals surface area contributed by atoms with Crippen LogP contribution >= 0.6 is 0 Å². The SMILES string of the molecule is Cc1nn(Cc2ccccc2)c(C)c1C(=O)OCC(=O)N[C@H]1CCS(=O)(=O)C1. The first-order chi connectivity index (χ1) is 13.2. The summed E-state index contributed by atoms with van der Waals surface area (Å²) in [4.78, 5) is 24.4. The summed E-state index contributed by atoms with van der Waals surface area (Å²) in [5.74, 6) is -1.14. The van der Waals surface area contributed by atoms with Crippen molar-refractivity contribution in [3.63, 3.8) is 0 Å². The molecule has 1 aromatic carbocycles. The molecule has 1 fully saturated rings. The number of esters is 1. The van der Waals surface area contributed by atoms with Gasteiger partial charge in [0.15, 0.2) is 16.4 Å². The van der Waals surface area contributed by atoms with E-state index >= 15 is 0 Å². The van der Waals surface area contributed by atoms with Crippen LogP contribution < -0.4 is 5.32 Å². The van der Waals surface area contributed by atoms with Crippen molar-refractivity contribution in [2.45, 2.75) is 32.9 Å². The fourth-order valence-corrected chi connectivity index (χ4v) is 4.96. The van der Waals surface area contributed by atoms with Crippen molar-refractivity contribution in [3.05, 3.63) is 52.8 Å². The fraction of sp³-hybridized carbons (Fsp3) is 0.421. The molecule has 0 unspecified atom stereocenters. The van der Waals surface area contributed by atoms with Crippen LogP contribution in [-0.2, 0) is 25.9 Å². The van der Waals surface area contributed by atoms with Gasteiger partial charge in [-0.3, -0.25) is 9.48 Å². The van der Waals surface area contributed by atoms with Gasteiger partial charge in [0, 0.05) is 6.04 Å². The highest BCUT2D eigenvalue weighted by molar-refractivity contribution is 7.91. The number of aromatic nitrogens is 2. The maximum atomic E-state index is 12.4. The maximum absolute atomic E-state index is 12.4. The third-order valence-electron chi connectivity index (χ3n) is 4.69. The van der Waals surface area contributed by atoms with Gasteiger partial charge in [0.2, 0.25) is 0 Å². The van der Waals surface area contributed by atoms with Gasteiger partial charge in [0.25, 0.3) is 5.91 Å². The molecule has 0 spiro atoms. The van der Waals surface area contributed by atoms with Gasteiger partial charge in [-0.15, -0.1) is 0 Å². The van der Waals surface area contributed by atoms with E-state index in [2.05, 4.69) is 10.4 Å². The number of hydrogen-bond acceptors (Lipinski definition) is 6. The lowest BCUT2D eigenvalue weighted by molar-refractivity contribution is -0.124. The lowest BCUT2D eigenvalue weighted by Gasteiger charge is -2.11.